The highest BCUT2D eigenvalue weighted by atomic mass is 35.5. The Balaban J connectivity index is 0.00000600. The van der Waals surface area contributed by atoms with E-state index < -0.39 is 41.9 Å². The maximum atomic E-state index is 12.6. The molecular formula is C38H42Cl3N9O8S. The van der Waals surface area contributed by atoms with Gasteiger partial charge in [0.25, 0.3) is 0 Å². The molecule has 2 aromatic carbocycles. The van der Waals surface area contributed by atoms with E-state index in [1.165, 1.54) is 31.9 Å². The van der Waals surface area contributed by atoms with Gasteiger partial charge in [-0.2, -0.15) is 10.5 Å². The number of nitrogens with one attached hydrogen (secondary N) is 2. The van der Waals surface area contributed by atoms with Crippen molar-refractivity contribution in [3.05, 3.63) is 76.6 Å². The summed E-state index contributed by atoms with van der Waals surface area (Å²) in [6.07, 6.45) is 0.0821. The minimum absolute atomic E-state index is 0. The smallest absolute Gasteiger partial charge is 0.308 e. The number of nitrogens with zero attached hydrogens (tertiary/aromatic N) is 4. The van der Waals surface area contributed by atoms with E-state index in [4.69, 9.17) is 47.4 Å². The molecule has 0 aliphatic heterocycles. The summed E-state index contributed by atoms with van der Waals surface area (Å²) in [7, 11) is 0. The van der Waals surface area contributed by atoms with Gasteiger partial charge in [-0.3, -0.25) is 19.2 Å². The number of nitriles is 2. The van der Waals surface area contributed by atoms with Gasteiger partial charge < -0.3 is 46.5 Å². The molecule has 0 aliphatic carbocycles. The molecule has 0 fully saturated rings. The van der Waals surface area contributed by atoms with Gasteiger partial charge in [0, 0.05) is 35.0 Å². The summed E-state index contributed by atoms with van der Waals surface area (Å²) in [6.45, 7) is 2.34. The molecule has 0 saturated heterocycles. The first-order valence-corrected chi connectivity index (χ1v) is 18.8. The van der Waals surface area contributed by atoms with E-state index in [9.17, 15) is 29.7 Å². The number of carbonyl (C=O) groups is 4. The number of rotatable bonds is 19. The lowest BCUT2D eigenvalue weighted by Crippen LogP contribution is -2.40. The minimum atomic E-state index is -1.06. The molecule has 0 radical (unpaired) electrons. The number of nitrogen functional groups attached to an aromatic ring is 1. The zero-order chi connectivity index (χ0) is 41.5. The van der Waals surface area contributed by atoms with Gasteiger partial charge >= 0.3 is 11.9 Å². The molecule has 0 spiro atoms. The van der Waals surface area contributed by atoms with Crippen molar-refractivity contribution in [3.8, 4) is 40.5 Å². The standard InChI is InChI=1S/C38H40ClN9O8S.2ClH/c1-21(42)35(51)45-13-11-31(49)54-19-28(56-32(50)12-14-46-36(52)22(2)43)18-53-27-9-5-23(6-10-27)33-29(15-40)34(44)48-38(30(33)16-41)57-20-26-17-55-37(47-26)24-3-7-25(39)8-4-24;;/h3-10,17,21-22,28H,11-14,18-20,42-43H2,1-2H3,(H2,44,48)(H,45,51)(H,46,52);2*1H/t21-,22-,28-;;/m0../s1. The zero-order valence-corrected chi connectivity index (χ0v) is 35.0. The average Bonchev–Trinajstić information content (AvgIpc) is 3.67. The molecule has 17 nitrogen and oxygen atoms in total. The number of aromatic nitrogens is 2. The predicted molar refractivity (Wildman–Crippen MR) is 223 cm³/mol. The Morgan fingerprint density at radius 1 is 0.847 bits per heavy atom. The molecule has 314 valence electrons. The van der Waals surface area contributed by atoms with E-state index in [0.717, 1.165) is 5.56 Å². The third kappa shape index (κ3) is 14.9. The molecule has 59 heavy (non-hydrogen) atoms. The van der Waals surface area contributed by atoms with E-state index in [2.05, 4.69) is 26.7 Å². The van der Waals surface area contributed by atoms with Crippen molar-refractivity contribution in [1.82, 2.24) is 20.6 Å². The van der Waals surface area contributed by atoms with Gasteiger partial charge in [-0.15, -0.1) is 24.8 Å². The predicted octanol–water partition coefficient (Wildman–Crippen LogP) is 4.06. The summed E-state index contributed by atoms with van der Waals surface area (Å²) in [5.74, 6) is -1.33. The number of benzene rings is 2. The second-order valence-electron chi connectivity index (χ2n) is 12.4. The Labute approximate surface area is 361 Å². The van der Waals surface area contributed by atoms with Crippen LogP contribution in [0.1, 0.15) is 43.5 Å². The number of hydrogen-bond acceptors (Lipinski definition) is 16. The molecule has 2 heterocycles. The minimum Gasteiger partial charge on any atom is -0.490 e. The number of halogens is 3. The Hall–Kier alpha value is -5.60. The van der Waals surface area contributed by atoms with Crippen LogP contribution in [0.3, 0.4) is 0 Å². The molecule has 0 unspecified atom stereocenters. The van der Waals surface area contributed by atoms with E-state index >= 15 is 0 Å². The molecule has 0 bridgehead atoms. The van der Waals surface area contributed by atoms with Crippen LogP contribution in [0.25, 0.3) is 22.6 Å². The van der Waals surface area contributed by atoms with Gasteiger partial charge in [-0.05, 0) is 55.8 Å². The van der Waals surface area contributed by atoms with Crippen molar-refractivity contribution in [3.63, 3.8) is 0 Å². The second-order valence-corrected chi connectivity index (χ2v) is 13.8. The number of hydrogen-bond donors (Lipinski definition) is 5. The Morgan fingerprint density at radius 2 is 1.42 bits per heavy atom. The summed E-state index contributed by atoms with van der Waals surface area (Å²) in [4.78, 5) is 57.2. The van der Waals surface area contributed by atoms with Crippen LogP contribution in [0.4, 0.5) is 5.82 Å². The summed E-state index contributed by atoms with van der Waals surface area (Å²) < 4.78 is 22.3. The highest BCUT2D eigenvalue weighted by Gasteiger charge is 2.23. The van der Waals surface area contributed by atoms with Crippen LogP contribution in [0.15, 0.2) is 64.2 Å². The van der Waals surface area contributed by atoms with E-state index in [1.807, 2.05) is 6.07 Å². The quantitative estimate of drug-likeness (QED) is 0.0655. The number of amides is 2. The second kappa shape index (κ2) is 24.4. The van der Waals surface area contributed by atoms with E-state index in [0.29, 0.717) is 27.9 Å². The van der Waals surface area contributed by atoms with Crippen molar-refractivity contribution in [1.29, 1.82) is 10.5 Å². The van der Waals surface area contributed by atoms with Gasteiger partial charge in [-0.25, -0.2) is 9.97 Å². The normalized spacial score (nSPS) is 11.8. The van der Waals surface area contributed by atoms with Crippen LogP contribution >= 0.6 is 48.2 Å². The fraction of sp³-hybridized carbons (Fsp3) is 0.316. The summed E-state index contributed by atoms with van der Waals surface area (Å²) >= 11 is 7.18. The van der Waals surface area contributed by atoms with Crippen LogP contribution in [0.5, 0.6) is 5.75 Å². The number of oxazole rings is 1. The van der Waals surface area contributed by atoms with Gasteiger partial charge in [0.15, 0.2) is 6.10 Å². The largest absolute Gasteiger partial charge is 0.490 e. The maximum Gasteiger partial charge on any atom is 0.308 e. The molecule has 3 atom stereocenters. The molecule has 8 N–H and O–H groups in total. The van der Waals surface area contributed by atoms with Crippen LogP contribution < -0.4 is 32.6 Å². The number of anilines is 1. The van der Waals surface area contributed by atoms with Crippen molar-refractivity contribution in [2.24, 2.45) is 11.5 Å². The van der Waals surface area contributed by atoms with Crippen LogP contribution in [-0.2, 0) is 34.4 Å². The molecule has 2 aromatic heterocycles. The van der Waals surface area contributed by atoms with Crippen LogP contribution in [-0.4, -0.2) is 78.2 Å². The van der Waals surface area contributed by atoms with Crippen molar-refractivity contribution in [2.75, 3.05) is 32.0 Å². The number of ether oxygens (including phenoxy) is 3. The third-order valence-electron chi connectivity index (χ3n) is 7.81. The summed E-state index contributed by atoms with van der Waals surface area (Å²) in [5.41, 5.74) is 19.5. The van der Waals surface area contributed by atoms with E-state index in [1.54, 1.807) is 48.5 Å². The van der Waals surface area contributed by atoms with E-state index in [-0.39, 0.29) is 97.2 Å². The summed E-state index contributed by atoms with van der Waals surface area (Å²) in [5, 5.41) is 26.1. The number of carbonyl (C=O) groups excluding carboxylic acids is 4. The topological polar surface area (TPSA) is 285 Å². The number of nitrogens with two attached hydrogens (primary N) is 3. The summed E-state index contributed by atoms with van der Waals surface area (Å²) in [6, 6.07) is 16.1. The fourth-order valence-corrected chi connectivity index (χ4v) is 5.85. The van der Waals surface area contributed by atoms with Gasteiger partial charge in [0.1, 0.15) is 53.8 Å². The van der Waals surface area contributed by atoms with Gasteiger partial charge in [0.2, 0.25) is 17.7 Å². The van der Waals surface area contributed by atoms with Crippen LogP contribution in [0.2, 0.25) is 5.02 Å². The molecule has 4 aromatic rings. The van der Waals surface area contributed by atoms with Gasteiger partial charge in [0.05, 0.1) is 36.2 Å². The molecule has 0 aliphatic rings. The molecule has 4 rings (SSSR count). The van der Waals surface area contributed by atoms with Crippen molar-refractivity contribution in [2.45, 2.75) is 55.7 Å². The first-order valence-electron chi connectivity index (χ1n) is 17.4. The van der Waals surface area contributed by atoms with Crippen molar-refractivity contribution >= 4 is 77.7 Å². The first kappa shape index (κ1) is 49.5. The fourth-order valence-electron chi connectivity index (χ4n) is 4.86. The molecule has 2 amide bonds. The SMILES string of the molecule is C[C@H](N)C(=O)NCCC(=O)OC[C@H](COc1ccc(-c2c(C#N)c(N)nc(SCc3coc(-c4ccc(Cl)cc4)n3)c2C#N)cc1)OC(=O)CCNC(=O)[C@H](C)N.Cl.Cl. The van der Waals surface area contributed by atoms with Gasteiger partial charge in [-0.1, -0.05) is 35.5 Å². The van der Waals surface area contributed by atoms with Crippen LogP contribution in [0, 0.1) is 22.7 Å². The maximum absolute atomic E-state index is 12.6. The first-order chi connectivity index (χ1) is 27.3. The Bertz CT molecular complexity index is 2140. The molecule has 21 heteroatoms. The highest BCUT2D eigenvalue weighted by molar-refractivity contribution is 7.98. The lowest BCUT2D eigenvalue weighted by molar-refractivity contribution is -0.160. The lowest BCUT2D eigenvalue weighted by atomic mass is 9.97. The Kier molecular flexibility index (Phi) is 20.4. The average molecular weight is 891 g/mol. The monoisotopic (exact) mass is 889 g/mol. The number of esters is 2. The van der Waals surface area contributed by atoms with Crippen molar-refractivity contribution < 1.29 is 37.8 Å². The number of thioether (sulfide) groups is 1. The zero-order valence-electron chi connectivity index (χ0n) is 31.8. The third-order valence-corrected chi connectivity index (χ3v) is 9.07. The Morgan fingerprint density at radius 3 is 2.00 bits per heavy atom. The molecular weight excluding hydrogens is 849 g/mol. The molecule has 0 saturated carbocycles. The number of pyridine rings is 1. The highest BCUT2D eigenvalue weighted by Crippen LogP contribution is 2.37. The lowest BCUT2D eigenvalue weighted by Gasteiger charge is -2.19.